The fraction of sp³-hybridized carbons (Fsp3) is 0.938. The first-order valence-corrected chi connectivity index (χ1v) is 9.66. The molecule has 2 rings (SSSR count). The van der Waals surface area contributed by atoms with Crippen LogP contribution in [-0.2, 0) is 14.2 Å². The zero-order chi connectivity index (χ0) is 16.2. The van der Waals surface area contributed by atoms with Gasteiger partial charge in [0.25, 0.3) is 0 Å². The highest BCUT2D eigenvalue weighted by Gasteiger charge is 2.38. The largest absolute Gasteiger partial charge is 0.444 e. The number of amides is 1. The van der Waals surface area contributed by atoms with Crippen molar-refractivity contribution in [2.45, 2.75) is 63.8 Å². The Labute approximate surface area is 147 Å². The number of carbonyl (C=O) groups excluding carboxylic acids is 1. The molecule has 0 saturated carbocycles. The minimum atomic E-state index is -0.439. The van der Waals surface area contributed by atoms with Crippen LogP contribution < -0.4 is 0 Å². The predicted octanol–water partition coefficient (Wildman–Crippen LogP) is 3.39. The van der Waals surface area contributed by atoms with Gasteiger partial charge in [-0.3, -0.25) is 0 Å². The van der Waals surface area contributed by atoms with Crippen LogP contribution in [-0.4, -0.2) is 59.0 Å². The highest BCUT2D eigenvalue weighted by atomic mass is 127. The summed E-state index contributed by atoms with van der Waals surface area (Å²) in [5, 5.41) is 0. The van der Waals surface area contributed by atoms with E-state index in [9.17, 15) is 4.79 Å². The molecule has 0 radical (unpaired) electrons. The number of hydrogen-bond acceptors (Lipinski definition) is 4. The van der Waals surface area contributed by atoms with Crippen LogP contribution >= 0.6 is 22.6 Å². The molecular weight excluding hydrogens is 397 g/mol. The number of nitrogens with zero attached hydrogens (tertiary/aromatic N) is 1. The lowest BCUT2D eigenvalue weighted by molar-refractivity contribution is -0.0964. The van der Waals surface area contributed by atoms with E-state index < -0.39 is 5.60 Å². The van der Waals surface area contributed by atoms with Crippen molar-refractivity contribution in [2.75, 3.05) is 30.7 Å². The molecule has 22 heavy (non-hydrogen) atoms. The fourth-order valence-electron chi connectivity index (χ4n) is 2.79. The molecular formula is C16H28INO4. The van der Waals surface area contributed by atoms with Gasteiger partial charge in [-0.2, -0.15) is 0 Å². The molecule has 0 aromatic heterocycles. The molecule has 0 aromatic carbocycles. The third-order valence-electron chi connectivity index (χ3n) is 4.17. The van der Waals surface area contributed by atoms with Gasteiger partial charge in [0.15, 0.2) is 0 Å². The van der Waals surface area contributed by atoms with Crippen LogP contribution in [0.1, 0.15) is 46.5 Å². The molecule has 0 aromatic rings. The lowest BCUT2D eigenvalue weighted by Crippen LogP contribution is -2.50. The Balaban J connectivity index is 1.81. The topological polar surface area (TPSA) is 48.0 Å². The zero-order valence-electron chi connectivity index (χ0n) is 13.9. The highest BCUT2D eigenvalue weighted by Crippen LogP contribution is 2.30. The van der Waals surface area contributed by atoms with Crippen molar-refractivity contribution in [2.24, 2.45) is 0 Å². The van der Waals surface area contributed by atoms with Crippen LogP contribution in [0.15, 0.2) is 0 Å². The summed E-state index contributed by atoms with van der Waals surface area (Å²) in [6, 6.07) is 0. The van der Waals surface area contributed by atoms with E-state index in [1.54, 1.807) is 4.90 Å². The maximum absolute atomic E-state index is 12.1. The minimum absolute atomic E-state index is 0.120. The SMILES string of the molecule is CC(C)(C)OC(=O)N1CCC(CI)(OCC2CCCO2)CC1. The monoisotopic (exact) mass is 425 g/mol. The summed E-state index contributed by atoms with van der Waals surface area (Å²) >= 11 is 2.39. The number of likely N-dealkylation sites (tertiary alicyclic amines) is 1. The van der Waals surface area contributed by atoms with Crippen LogP contribution in [0, 0.1) is 0 Å². The van der Waals surface area contributed by atoms with E-state index in [2.05, 4.69) is 22.6 Å². The Morgan fingerprint density at radius 2 is 2.05 bits per heavy atom. The van der Waals surface area contributed by atoms with E-state index in [1.165, 1.54) is 0 Å². The Morgan fingerprint density at radius 1 is 1.36 bits per heavy atom. The van der Waals surface area contributed by atoms with Gasteiger partial charge in [0.2, 0.25) is 0 Å². The second-order valence-electron chi connectivity index (χ2n) is 7.23. The molecule has 2 heterocycles. The summed E-state index contributed by atoms with van der Waals surface area (Å²) in [5.74, 6) is 0. The fourth-order valence-corrected chi connectivity index (χ4v) is 3.77. The first-order chi connectivity index (χ1) is 10.3. The molecule has 2 aliphatic heterocycles. The number of rotatable bonds is 4. The highest BCUT2D eigenvalue weighted by molar-refractivity contribution is 14.1. The molecule has 2 aliphatic rings. The van der Waals surface area contributed by atoms with E-state index in [4.69, 9.17) is 14.2 Å². The number of halogens is 1. The normalized spacial score (nSPS) is 25.3. The summed E-state index contributed by atoms with van der Waals surface area (Å²) in [6.07, 6.45) is 4.00. The second kappa shape index (κ2) is 7.66. The smallest absolute Gasteiger partial charge is 0.410 e. The van der Waals surface area contributed by atoms with Crippen molar-refractivity contribution in [3.63, 3.8) is 0 Å². The lowest BCUT2D eigenvalue weighted by atomic mass is 9.93. The van der Waals surface area contributed by atoms with E-state index in [1.807, 2.05) is 20.8 Å². The van der Waals surface area contributed by atoms with Gasteiger partial charge in [-0.1, -0.05) is 22.6 Å². The van der Waals surface area contributed by atoms with Gasteiger partial charge >= 0.3 is 6.09 Å². The van der Waals surface area contributed by atoms with E-state index in [0.717, 1.165) is 36.7 Å². The van der Waals surface area contributed by atoms with Gasteiger partial charge in [0, 0.05) is 24.1 Å². The van der Waals surface area contributed by atoms with Gasteiger partial charge in [0.1, 0.15) is 5.60 Å². The lowest BCUT2D eigenvalue weighted by Gasteiger charge is -2.41. The van der Waals surface area contributed by atoms with Gasteiger partial charge in [-0.05, 0) is 46.5 Å². The van der Waals surface area contributed by atoms with Crippen LogP contribution in [0.25, 0.3) is 0 Å². The molecule has 0 aliphatic carbocycles. The van der Waals surface area contributed by atoms with Crippen molar-refractivity contribution >= 4 is 28.7 Å². The quantitative estimate of drug-likeness (QED) is 0.512. The first kappa shape index (κ1) is 18.3. The Bertz CT molecular complexity index is 369. The standard InChI is InChI=1S/C16H28INO4/c1-15(2,3)22-14(19)18-8-6-16(12-17,7-9-18)21-11-13-5-4-10-20-13/h13H,4-12H2,1-3H3. The Hall–Kier alpha value is -0.0800. The van der Waals surface area contributed by atoms with E-state index in [-0.39, 0.29) is 17.8 Å². The Morgan fingerprint density at radius 3 is 2.55 bits per heavy atom. The molecule has 0 N–H and O–H groups in total. The number of alkyl halides is 1. The number of carbonyl (C=O) groups is 1. The molecule has 1 amide bonds. The first-order valence-electron chi connectivity index (χ1n) is 8.13. The van der Waals surface area contributed by atoms with Gasteiger partial charge in [-0.25, -0.2) is 4.79 Å². The summed E-state index contributed by atoms with van der Waals surface area (Å²) in [6.45, 7) is 8.62. The third kappa shape index (κ3) is 5.23. The maximum atomic E-state index is 12.1. The molecule has 1 unspecified atom stereocenters. The Kier molecular flexibility index (Phi) is 6.36. The van der Waals surface area contributed by atoms with Gasteiger partial charge in [0.05, 0.1) is 18.3 Å². The van der Waals surface area contributed by atoms with E-state index >= 15 is 0 Å². The molecule has 128 valence electrons. The average Bonchev–Trinajstić information content (AvgIpc) is 2.97. The molecule has 5 nitrogen and oxygen atoms in total. The maximum Gasteiger partial charge on any atom is 0.410 e. The molecule has 0 bridgehead atoms. The van der Waals surface area contributed by atoms with Crippen molar-refractivity contribution < 1.29 is 19.0 Å². The molecule has 2 saturated heterocycles. The predicted molar refractivity (Wildman–Crippen MR) is 93.6 cm³/mol. The van der Waals surface area contributed by atoms with Crippen LogP contribution in [0.5, 0.6) is 0 Å². The summed E-state index contributed by atoms with van der Waals surface area (Å²) in [5.41, 5.74) is -0.559. The van der Waals surface area contributed by atoms with Crippen molar-refractivity contribution in [1.29, 1.82) is 0 Å². The second-order valence-corrected chi connectivity index (χ2v) is 7.99. The minimum Gasteiger partial charge on any atom is -0.444 e. The van der Waals surface area contributed by atoms with Crippen LogP contribution in [0.3, 0.4) is 0 Å². The van der Waals surface area contributed by atoms with Gasteiger partial charge in [-0.15, -0.1) is 0 Å². The average molecular weight is 425 g/mol. The van der Waals surface area contributed by atoms with Gasteiger partial charge < -0.3 is 19.1 Å². The number of piperidine rings is 1. The summed E-state index contributed by atoms with van der Waals surface area (Å²) < 4.78 is 18.2. The number of ether oxygens (including phenoxy) is 3. The molecule has 1 atom stereocenters. The zero-order valence-corrected chi connectivity index (χ0v) is 16.1. The van der Waals surface area contributed by atoms with Crippen LogP contribution in [0.2, 0.25) is 0 Å². The van der Waals surface area contributed by atoms with E-state index in [0.29, 0.717) is 19.7 Å². The van der Waals surface area contributed by atoms with Crippen LogP contribution in [0.4, 0.5) is 4.79 Å². The molecule has 6 heteroatoms. The summed E-state index contributed by atoms with van der Waals surface area (Å²) in [7, 11) is 0. The summed E-state index contributed by atoms with van der Waals surface area (Å²) in [4.78, 5) is 13.9. The third-order valence-corrected chi connectivity index (χ3v) is 5.56. The van der Waals surface area contributed by atoms with Crippen molar-refractivity contribution in [3.8, 4) is 0 Å². The van der Waals surface area contributed by atoms with Crippen molar-refractivity contribution in [3.05, 3.63) is 0 Å². The molecule has 2 fully saturated rings. The van der Waals surface area contributed by atoms with Crippen molar-refractivity contribution in [1.82, 2.24) is 4.90 Å². The number of hydrogen-bond donors (Lipinski definition) is 0. The molecule has 0 spiro atoms.